The number of hydrogen-bond donors (Lipinski definition) is 4. The molecule has 0 saturated carbocycles. The number of rotatable bonds is 12. The van der Waals surface area contributed by atoms with E-state index in [1.807, 2.05) is 60.7 Å². The molecule has 1 heterocycles. The summed E-state index contributed by atoms with van der Waals surface area (Å²) in [6.45, 7) is 0.943. The van der Waals surface area contributed by atoms with Gasteiger partial charge in [-0.05, 0) is 65.4 Å². The largest absolute Gasteiger partial charge is 0.507 e. The number of benzene rings is 5. The maximum absolute atomic E-state index is 16.3. The molecule has 6 rings (SSSR count). The Bertz CT molecular complexity index is 1970. The molecule has 5 aromatic carbocycles. The summed E-state index contributed by atoms with van der Waals surface area (Å²) in [4.78, 5) is 13.4. The number of nitrogens with zero attached hydrogens (tertiary/aromatic N) is 1. The van der Waals surface area contributed by atoms with Crippen molar-refractivity contribution < 1.29 is 27.8 Å². The maximum Gasteiger partial charge on any atom is 0.255 e. The third-order valence-electron chi connectivity index (χ3n) is 9.48. The van der Waals surface area contributed by atoms with Gasteiger partial charge in [0.2, 0.25) is 10.0 Å². The van der Waals surface area contributed by atoms with Crippen LogP contribution in [-0.2, 0) is 21.9 Å². The summed E-state index contributed by atoms with van der Waals surface area (Å²) in [6.07, 6.45) is -0.825. The highest BCUT2D eigenvalue weighted by Crippen LogP contribution is 2.44. The zero-order chi connectivity index (χ0) is 35.1. The lowest BCUT2D eigenvalue weighted by Gasteiger charge is -2.42. The van der Waals surface area contributed by atoms with Gasteiger partial charge >= 0.3 is 0 Å². The molecule has 0 spiro atoms. The van der Waals surface area contributed by atoms with E-state index in [1.54, 1.807) is 54.6 Å². The second kappa shape index (κ2) is 15.3. The summed E-state index contributed by atoms with van der Waals surface area (Å²) in [6, 6.07) is 37.4. The van der Waals surface area contributed by atoms with Gasteiger partial charge < -0.3 is 20.8 Å². The van der Waals surface area contributed by atoms with Crippen molar-refractivity contribution in [2.75, 3.05) is 26.2 Å². The van der Waals surface area contributed by atoms with Gasteiger partial charge in [-0.25, -0.2) is 12.8 Å². The highest BCUT2D eigenvalue weighted by molar-refractivity contribution is 7.89. The van der Waals surface area contributed by atoms with E-state index in [9.17, 15) is 23.4 Å². The molecule has 0 bridgehead atoms. The van der Waals surface area contributed by atoms with Gasteiger partial charge in [0.1, 0.15) is 11.6 Å². The van der Waals surface area contributed by atoms with Crippen LogP contribution in [-0.4, -0.2) is 67.2 Å². The highest BCUT2D eigenvalue weighted by atomic mass is 32.2. The van der Waals surface area contributed by atoms with Gasteiger partial charge in [0.05, 0.1) is 22.0 Å². The zero-order valence-corrected chi connectivity index (χ0v) is 28.3. The number of aliphatic hydroxyl groups is 1. The van der Waals surface area contributed by atoms with Crippen molar-refractivity contribution in [3.05, 3.63) is 167 Å². The molecule has 1 saturated heterocycles. The van der Waals surface area contributed by atoms with Crippen LogP contribution in [0.25, 0.3) is 0 Å². The van der Waals surface area contributed by atoms with E-state index in [4.69, 9.17) is 0 Å². The lowest BCUT2D eigenvalue weighted by atomic mass is 9.64. The molecule has 8 nitrogen and oxygen atoms in total. The van der Waals surface area contributed by atoms with E-state index in [-0.39, 0.29) is 35.7 Å². The number of halogens is 1. The van der Waals surface area contributed by atoms with Crippen LogP contribution >= 0.6 is 0 Å². The normalized spacial score (nSPS) is 16.1. The topological polar surface area (TPSA) is 119 Å². The van der Waals surface area contributed by atoms with E-state index < -0.39 is 39.3 Å². The molecular formula is C40H40FN3O5S. The van der Waals surface area contributed by atoms with Crippen molar-refractivity contribution in [1.82, 2.24) is 14.9 Å². The molecule has 10 heteroatoms. The predicted octanol–water partition coefficient (Wildman–Crippen LogP) is 5.25. The number of hydrogen-bond acceptors (Lipinski definition) is 6. The molecule has 0 radical (unpaired) electrons. The minimum absolute atomic E-state index is 0.0623. The molecule has 1 unspecified atom stereocenters. The summed E-state index contributed by atoms with van der Waals surface area (Å²) in [5, 5.41) is 28.8. The number of carbonyl (C=O) groups is 1. The van der Waals surface area contributed by atoms with Gasteiger partial charge in [-0.3, -0.25) is 4.79 Å². The van der Waals surface area contributed by atoms with Gasteiger partial charge in [-0.2, -0.15) is 4.31 Å². The van der Waals surface area contributed by atoms with E-state index in [0.717, 1.165) is 0 Å². The van der Waals surface area contributed by atoms with Crippen LogP contribution in [0, 0.1) is 5.82 Å². The number of sulfonamides is 1. The first-order valence-electron chi connectivity index (χ1n) is 16.7. The van der Waals surface area contributed by atoms with Crippen LogP contribution < -0.4 is 10.6 Å². The van der Waals surface area contributed by atoms with Gasteiger partial charge in [0.25, 0.3) is 5.91 Å². The Morgan fingerprint density at radius 2 is 1.46 bits per heavy atom. The molecule has 1 amide bonds. The fourth-order valence-corrected chi connectivity index (χ4v) is 8.75. The predicted molar refractivity (Wildman–Crippen MR) is 191 cm³/mol. The first-order valence-corrected chi connectivity index (χ1v) is 18.1. The number of nitrogens with one attached hydrogen (secondary N) is 2. The third-order valence-corrected chi connectivity index (χ3v) is 11.4. The number of carbonyl (C=O) groups excluding carboxylic acids is 1. The first kappa shape index (κ1) is 35.0. The minimum Gasteiger partial charge on any atom is -0.507 e. The number of para-hydroxylation sites is 1. The van der Waals surface area contributed by atoms with Crippen molar-refractivity contribution in [3.63, 3.8) is 0 Å². The summed E-state index contributed by atoms with van der Waals surface area (Å²) in [5.74, 6) is -1.24. The summed E-state index contributed by atoms with van der Waals surface area (Å²) < 4.78 is 45.3. The molecule has 1 aliphatic heterocycles. The van der Waals surface area contributed by atoms with E-state index in [1.165, 1.54) is 22.5 Å². The fourth-order valence-electron chi connectivity index (χ4n) is 7.07. The highest BCUT2D eigenvalue weighted by Gasteiger charge is 2.45. The molecule has 2 atom stereocenters. The molecule has 0 aliphatic carbocycles. The van der Waals surface area contributed by atoms with Crippen LogP contribution in [0.3, 0.4) is 0 Å². The Labute approximate surface area is 292 Å². The quantitative estimate of drug-likeness (QED) is 0.133. The molecule has 50 heavy (non-hydrogen) atoms. The van der Waals surface area contributed by atoms with Gasteiger partial charge in [0, 0.05) is 32.2 Å². The van der Waals surface area contributed by atoms with E-state index in [2.05, 4.69) is 10.6 Å². The monoisotopic (exact) mass is 693 g/mol. The first-order chi connectivity index (χ1) is 24.2. The number of piperazine rings is 1. The van der Waals surface area contributed by atoms with Crippen LogP contribution in [0.2, 0.25) is 0 Å². The van der Waals surface area contributed by atoms with Crippen LogP contribution in [0.15, 0.2) is 138 Å². The summed E-state index contributed by atoms with van der Waals surface area (Å²) in [7, 11) is -3.80. The molecule has 258 valence electrons. The van der Waals surface area contributed by atoms with Crippen LogP contribution in [0.4, 0.5) is 4.39 Å². The van der Waals surface area contributed by atoms with Crippen molar-refractivity contribution in [3.8, 4) is 5.75 Å². The lowest BCUT2D eigenvalue weighted by Crippen LogP contribution is -2.53. The van der Waals surface area contributed by atoms with Crippen molar-refractivity contribution in [2.24, 2.45) is 0 Å². The molecule has 1 fully saturated rings. The Morgan fingerprint density at radius 1 is 0.860 bits per heavy atom. The minimum atomic E-state index is -3.80. The number of aliphatic hydroxyl groups excluding tert-OH is 1. The lowest BCUT2D eigenvalue weighted by molar-refractivity contribution is 0.0860. The fraction of sp³-hybridized carbons (Fsp3) is 0.225. The number of phenolic OH excluding ortho intramolecular Hbond substituents is 1. The second-order valence-electron chi connectivity index (χ2n) is 12.4. The Morgan fingerprint density at radius 3 is 2.10 bits per heavy atom. The van der Waals surface area contributed by atoms with Crippen molar-refractivity contribution >= 4 is 15.9 Å². The van der Waals surface area contributed by atoms with Gasteiger partial charge in [-0.1, -0.05) is 103 Å². The molecule has 4 N–H and O–H groups in total. The number of amides is 1. The molecule has 5 aromatic rings. The Kier molecular flexibility index (Phi) is 10.7. The Balaban J connectivity index is 1.42. The SMILES string of the molecule is O=C(NCC(O)C(c1ccccc1)(c1ccccc1)c1cccc(F)c1CC[C@H]1CNCCN1S(=O)(=O)c1ccccc1)c1ccccc1O. The summed E-state index contributed by atoms with van der Waals surface area (Å²) >= 11 is 0. The average molecular weight is 694 g/mol. The second-order valence-corrected chi connectivity index (χ2v) is 14.3. The van der Waals surface area contributed by atoms with Crippen molar-refractivity contribution in [2.45, 2.75) is 35.3 Å². The number of aromatic hydroxyl groups is 1. The maximum atomic E-state index is 16.3. The molecule has 1 aliphatic rings. The standard InChI is InChI=1S/C40H40FN3O5S/c41-36-21-12-20-35(33(36)24-23-31-27-42-25-26-44(31)50(48,49)32-17-8-3-9-18-32)40(29-13-4-1-5-14-29,30-15-6-2-7-16-30)38(46)28-43-39(47)34-19-10-11-22-37(34)45/h1-22,31,38,42,45-46H,23-28H2,(H,43,47)/t31-,38?/m0/s1. The van der Waals surface area contributed by atoms with Crippen LogP contribution in [0.5, 0.6) is 5.75 Å². The molecule has 0 aromatic heterocycles. The number of phenols is 1. The van der Waals surface area contributed by atoms with Gasteiger partial charge in [-0.15, -0.1) is 0 Å². The van der Waals surface area contributed by atoms with Crippen molar-refractivity contribution in [1.29, 1.82) is 0 Å². The van der Waals surface area contributed by atoms with Crippen LogP contribution in [0.1, 0.15) is 39.0 Å². The van der Waals surface area contributed by atoms with Gasteiger partial charge in [0.15, 0.2) is 0 Å². The third kappa shape index (κ3) is 6.93. The van der Waals surface area contributed by atoms with E-state index in [0.29, 0.717) is 41.8 Å². The van der Waals surface area contributed by atoms with E-state index >= 15 is 4.39 Å². The smallest absolute Gasteiger partial charge is 0.255 e. The Hall–Kier alpha value is -4.87. The average Bonchev–Trinajstić information content (AvgIpc) is 3.15. The summed E-state index contributed by atoms with van der Waals surface area (Å²) in [5.41, 5.74) is 0.888. The zero-order valence-electron chi connectivity index (χ0n) is 27.5. The molecular weight excluding hydrogens is 654 g/mol.